The van der Waals surface area contributed by atoms with Crippen LogP contribution < -0.4 is 10.2 Å². The lowest BCUT2D eigenvalue weighted by Crippen LogP contribution is -2.20. The van der Waals surface area contributed by atoms with Gasteiger partial charge in [-0.2, -0.15) is 15.0 Å². The van der Waals surface area contributed by atoms with Crippen LogP contribution in [-0.4, -0.2) is 34.6 Å². The monoisotopic (exact) mass is 227 g/mol. The number of aromatic nitrogens is 3. The van der Waals surface area contributed by atoms with Crippen molar-refractivity contribution in [3.8, 4) is 0 Å². The molecule has 0 aromatic carbocycles. The second-order valence-electron chi connectivity index (χ2n) is 4.31. The van der Waals surface area contributed by atoms with Gasteiger partial charge in [0.1, 0.15) is 0 Å². The molecular formula is C9H14ClN5. The van der Waals surface area contributed by atoms with Crippen LogP contribution >= 0.6 is 11.6 Å². The number of hydrogen-bond acceptors (Lipinski definition) is 5. The van der Waals surface area contributed by atoms with Gasteiger partial charge < -0.3 is 10.2 Å². The minimum atomic E-state index is 0.147. The highest BCUT2D eigenvalue weighted by molar-refractivity contribution is 6.28. The van der Waals surface area contributed by atoms with Crippen molar-refractivity contribution in [2.75, 3.05) is 24.3 Å². The van der Waals surface area contributed by atoms with Gasteiger partial charge in [-0.05, 0) is 31.4 Å². The number of anilines is 2. The summed E-state index contributed by atoms with van der Waals surface area (Å²) >= 11 is 5.81. The van der Waals surface area contributed by atoms with Crippen LogP contribution in [0.3, 0.4) is 0 Å². The Kier molecular flexibility index (Phi) is 2.42. The summed E-state index contributed by atoms with van der Waals surface area (Å²) in [6.45, 7) is 2.14. The van der Waals surface area contributed by atoms with Gasteiger partial charge in [-0.25, -0.2) is 0 Å². The quantitative estimate of drug-likeness (QED) is 0.849. The van der Waals surface area contributed by atoms with Gasteiger partial charge in [-0.15, -0.1) is 0 Å². The van der Waals surface area contributed by atoms with Crippen molar-refractivity contribution in [3.05, 3.63) is 5.28 Å². The summed E-state index contributed by atoms with van der Waals surface area (Å²) in [5.41, 5.74) is 0.147. The summed E-state index contributed by atoms with van der Waals surface area (Å²) in [5.74, 6) is 1.13. The Morgan fingerprint density at radius 2 is 1.93 bits per heavy atom. The minimum absolute atomic E-state index is 0.147. The standard InChI is InChI=1S/C9H14ClN5/c1-9(4-5-9)14-7-11-6(10)12-8(13-7)15(2)3/h4-5H2,1-3H3,(H,11,12,13,14). The highest BCUT2D eigenvalue weighted by atomic mass is 35.5. The third kappa shape index (κ3) is 2.47. The van der Waals surface area contributed by atoms with E-state index in [1.54, 1.807) is 4.90 Å². The molecule has 1 aliphatic rings. The molecule has 0 bridgehead atoms. The second kappa shape index (κ2) is 3.48. The number of rotatable bonds is 3. The predicted molar refractivity (Wildman–Crippen MR) is 60.4 cm³/mol. The summed E-state index contributed by atoms with van der Waals surface area (Å²) in [7, 11) is 3.74. The average molecular weight is 228 g/mol. The maximum absolute atomic E-state index is 5.81. The van der Waals surface area contributed by atoms with Crippen LogP contribution in [0.2, 0.25) is 5.28 Å². The molecule has 0 amide bonds. The molecule has 1 aliphatic carbocycles. The number of nitrogens with zero attached hydrogens (tertiary/aromatic N) is 4. The van der Waals surface area contributed by atoms with E-state index in [-0.39, 0.29) is 10.8 Å². The summed E-state index contributed by atoms with van der Waals surface area (Å²) in [4.78, 5) is 14.1. The van der Waals surface area contributed by atoms with Gasteiger partial charge in [0.2, 0.25) is 17.2 Å². The predicted octanol–water partition coefficient (Wildman–Crippen LogP) is 1.56. The van der Waals surface area contributed by atoms with Crippen LogP contribution in [-0.2, 0) is 0 Å². The van der Waals surface area contributed by atoms with Crippen molar-refractivity contribution in [2.24, 2.45) is 0 Å². The first-order chi connectivity index (χ1) is 6.98. The molecule has 6 heteroatoms. The van der Waals surface area contributed by atoms with Crippen molar-refractivity contribution in [1.82, 2.24) is 15.0 Å². The maximum Gasteiger partial charge on any atom is 0.230 e. The van der Waals surface area contributed by atoms with E-state index in [1.807, 2.05) is 14.1 Å². The van der Waals surface area contributed by atoms with E-state index in [2.05, 4.69) is 27.2 Å². The molecule has 1 N–H and O–H groups in total. The second-order valence-corrected chi connectivity index (χ2v) is 4.65. The highest BCUT2D eigenvalue weighted by Crippen LogP contribution is 2.37. The summed E-state index contributed by atoms with van der Waals surface area (Å²) in [6.07, 6.45) is 2.29. The van der Waals surface area contributed by atoms with Crippen molar-refractivity contribution in [1.29, 1.82) is 0 Å². The first-order valence-corrected chi connectivity index (χ1v) is 5.23. The van der Waals surface area contributed by atoms with Gasteiger partial charge in [0.05, 0.1) is 0 Å². The van der Waals surface area contributed by atoms with Gasteiger partial charge in [-0.3, -0.25) is 0 Å². The molecule has 15 heavy (non-hydrogen) atoms. The Balaban J connectivity index is 2.23. The molecule has 0 saturated heterocycles. The largest absolute Gasteiger partial charge is 0.349 e. The van der Waals surface area contributed by atoms with Gasteiger partial charge in [-0.1, -0.05) is 0 Å². The van der Waals surface area contributed by atoms with E-state index in [4.69, 9.17) is 11.6 Å². The molecular weight excluding hydrogens is 214 g/mol. The van der Waals surface area contributed by atoms with E-state index in [1.165, 1.54) is 0 Å². The lowest BCUT2D eigenvalue weighted by atomic mass is 10.3. The van der Waals surface area contributed by atoms with E-state index in [0.717, 1.165) is 12.8 Å². The molecule has 0 radical (unpaired) electrons. The number of hydrogen-bond donors (Lipinski definition) is 1. The molecule has 1 aromatic rings. The topological polar surface area (TPSA) is 53.9 Å². The van der Waals surface area contributed by atoms with Crippen molar-refractivity contribution < 1.29 is 0 Å². The minimum Gasteiger partial charge on any atom is -0.349 e. The summed E-state index contributed by atoms with van der Waals surface area (Å²) < 4.78 is 0. The summed E-state index contributed by atoms with van der Waals surface area (Å²) in [6, 6.07) is 0. The fourth-order valence-corrected chi connectivity index (χ4v) is 1.33. The van der Waals surface area contributed by atoms with Crippen LogP contribution in [0.25, 0.3) is 0 Å². The molecule has 1 heterocycles. The van der Waals surface area contributed by atoms with Gasteiger partial charge >= 0.3 is 0 Å². The average Bonchev–Trinajstić information content (AvgIpc) is 2.81. The van der Waals surface area contributed by atoms with Crippen LogP contribution in [0.15, 0.2) is 0 Å². The number of nitrogens with one attached hydrogen (secondary N) is 1. The first-order valence-electron chi connectivity index (χ1n) is 4.86. The fraction of sp³-hybridized carbons (Fsp3) is 0.667. The molecule has 0 unspecified atom stereocenters. The number of halogens is 1. The molecule has 0 atom stereocenters. The summed E-state index contributed by atoms with van der Waals surface area (Å²) in [5, 5.41) is 3.48. The Morgan fingerprint density at radius 3 is 2.47 bits per heavy atom. The van der Waals surface area contributed by atoms with Crippen molar-refractivity contribution in [3.63, 3.8) is 0 Å². The highest BCUT2D eigenvalue weighted by Gasteiger charge is 2.38. The molecule has 82 valence electrons. The third-order valence-corrected chi connectivity index (χ3v) is 2.58. The molecule has 2 rings (SSSR count). The van der Waals surface area contributed by atoms with Crippen molar-refractivity contribution >= 4 is 23.5 Å². The Labute approximate surface area is 93.9 Å². The lowest BCUT2D eigenvalue weighted by Gasteiger charge is -2.14. The van der Waals surface area contributed by atoms with E-state index in [0.29, 0.717) is 11.9 Å². The van der Waals surface area contributed by atoms with Crippen LogP contribution in [0.5, 0.6) is 0 Å². The molecule has 0 aliphatic heterocycles. The third-order valence-electron chi connectivity index (χ3n) is 2.41. The van der Waals surface area contributed by atoms with Crippen LogP contribution in [0.1, 0.15) is 19.8 Å². The van der Waals surface area contributed by atoms with Gasteiger partial charge in [0.15, 0.2) is 0 Å². The Bertz CT molecular complexity index is 375. The van der Waals surface area contributed by atoms with E-state index < -0.39 is 0 Å². The Morgan fingerprint density at radius 1 is 1.27 bits per heavy atom. The Hall–Kier alpha value is -1.10. The van der Waals surface area contributed by atoms with Crippen molar-refractivity contribution in [2.45, 2.75) is 25.3 Å². The molecule has 1 saturated carbocycles. The maximum atomic E-state index is 5.81. The zero-order valence-corrected chi connectivity index (χ0v) is 9.84. The molecule has 1 fully saturated rings. The molecule has 5 nitrogen and oxygen atoms in total. The normalized spacial score (nSPS) is 17.3. The van der Waals surface area contributed by atoms with Gasteiger partial charge in [0.25, 0.3) is 0 Å². The van der Waals surface area contributed by atoms with E-state index in [9.17, 15) is 0 Å². The van der Waals surface area contributed by atoms with E-state index >= 15 is 0 Å². The van der Waals surface area contributed by atoms with Gasteiger partial charge in [0, 0.05) is 19.6 Å². The zero-order valence-electron chi connectivity index (χ0n) is 9.08. The molecule has 0 spiro atoms. The van der Waals surface area contributed by atoms with Crippen LogP contribution in [0, 0.1) is 0 Å². The SMILES string of the molecule is CN(C)c1nc(Cl)nc(NC2(C)CC2)n1. The fourth-order valence-electron chi connectivity index (χ4n) is 1.18. The van der Waals surface area contributed by atoms with Crippen LogP contribution in [0.4, 0.5) is 11.9 Å². The smallest absolute Gasteiger partial charge is 0.230 e. The zero-order chi connectivity index (χ0) is 11.1. The molecule has 1 aromatic heterocycles. The lowest BCUT2D eigenvalue weighted by molar-refractivity contribution is 0.802. The first kappa shape index (κ1) is 10.4.